The molecule has 0 atom stereocenters. The van der Waals surface area contributed by atoms with Gasteiger partial charge in [0.15, 0.2) is 0 Å². The van der Waals surface area contributed by atoms with Gasteiger partial charge in [-0.15, -0.1) is 0 Å². The van der Waals surface area contributed by atoms with Gasteiger partial charge in [0.05, 0.1) is 17.1 Å². The predicted octanol–water partition coefficient (Wildman–Crippen LogP) is 4.21. The number of benzene rings is 2. The second-order valence-electron chi connectivity index (χ2n) is 6.57. The Labute approximate surface area is 173 Å². The Hall–Kier alpha value is -3.49. The van der Waals surface area contributed by atoms with E-state index in [9.17, 15) is 4.79 Å². The van der Waals surface area contributed by atoms with Gasteiger partial charge in [-0.05, 0) is 22.3 Å². The average Bonchev–Trinajstić information content (AvgIpc) is 3.05. The van der Waals surface area contributed by atoms with Crippen molar-refractivity contribution in [3.8, 4) is 23.0 Å². The predicted molar refractivity (Wildman–Crippen MR) is 114 cm³/mol. The standard InChI is InChI=1S/C23H18ClN3O2/c24-21-12-22(25)27-13-15(21)6-5-11-26-23(28)29-14-20-18-9-3-1-7-16(18)17-8-2-4-10-19(17)20/h1-4,7-10,12-13,20H,11,14H2,(H2,25,27)(H,26,28). The topological polar surface area (TPSA) is 77.2 Å². The average molecular weight is 404 g/mol. The minimum absolute atomic E-state index is 0.0268. The van der Waals surface area contributed by atoms with Crippen LogP contribution in [-0.2, 0) is 4.74 Å². The summed E-state index contributed by atoms with van der Waals surface area (Å²) in [6.45, 7) is 0.401. The smallest absolute Gasteiger partial charge is 0.407 e. The molecule has 1 aliphatic carbocycles. The van der Waals surface area contributed by atoms with E-state index in [0.717, 1.165) is 0 Å². The third kappa shape index (κ3) is 4.03. The fourth-order valence-electron chi connectivity index (χ4n) is 3.44. The van der Waals surface area contributed by atoms with Crippen molar-refractivity contribution in [2.75, 3.05) is 18.9 Å². The van der Waals surface area contributed by atoms with E-state index in [-0.39, 0.29) is 19.1 Å². The SMILES string of the molecule is Nc1cc(Cl)c(C#CCNC(=O)OCC2c3ccccc3-c3ccccc32)cn1. The van der Waals surface area contributed by atoms with Crippen LogP contribution in [0.15, 0.2) is 60.8 Å². The second-order valence-corrected chi connectivity index (χ2v) is 6.98. The zero-order chi connectivity index (χ0) is 20.2. The van der Waals surface area contributed by atoms with Gasteiger partial charge in [-0.2, -0.15) is 0 Å². The van der Waals surface area contributed by atoms with Crippen LogP contribution in [0.2, 0.25) is 5.02 Å². The van der Waals surface area contributed by atoms with Crippen LogP contribution in [0.1, 0.15) is 22.6 Å². The molecule has 3 aromatic rings. The number of ether oxygens (including phenoxy) is 1. The van der Waals surface area contributed by atoms with E-state index in [2.05, 4.69) is 46.4 Å². The minimum Gasteiger partial charge on any atom is -0.449 e. The van der Waals surface area contributed by atoms with Gasteiger partial charge in [0.1, 0.15) is 12.4 Å². The summed E-state index contributed by atoms with van der Waals surface area (Å²) >= 11 is 6.04. The number of carbonyl (C=O) groups excluding carboxylic acids is 1. The molecule has 3 N–H and O–H groups in total. The Bertz CT molecular complexity index is 1090. The molecule has 1 heterocycles. The van der Waals surface area contributed by atoms with E-state index in [1.807, 2.05) is 24.3 Å². The largest absolute Gasteiger partial charge is 0.449 e. The van der Waals surface area contributed by atoms with Crippen molar-refractivity contribution < 1.29 is 9.53 Å². The Kier molecular flexibility index (Phi) is 5.37. The molecule has 6 heteroatoms. The monoisotopic (exact) mass is 403 g/mol. The number of rotatable bonds is 3. The molecule has 5 nitrogen and oxygen atoms in total. The first-order chi connectivity index (χ1) is 14.1. The summed E-state index contributed by atoms with van der Waals surface area (Å²) in [7, 11) is 0. The maximum atomic E-state index is 12.1. The number of anilines is 1. The van der Waals surface area contributed by atoms with Crippen LogP contribution in [0.5, 0.6) is 0 Å². The third-order valence-electron chi connectivity index (χ3n) is 4.76. The summed E-state index contributed by atoms with van der Waals surface area (Å²) in [5, 5.41) is 3.06. The van der Waals surface area contributed by atoms with E-state index < -0.39 is 6.09 Å². The van der Waals surface area contributed by atoms with Crippen molar-refractivity contribution in [1.29, 1.82) is 0 Å². The molecule has 1 aromatic heterocycles. The molecule has 29 heavy (non-hydrogen) atoms. The number of hydrogen-bond donors (Lipinski definition) is 2. The van der Waals surface area contributed by atoms with Crippen LogP contribution in [0.4, 0.5) is 10.6 Å². The maximum Gasteiger partial charge on any atom is 0.407 e. The quantitative estimate of drug-likeness (QED) is 0.642. The van der Waals surface area contributed by atoms with Gasteiger partial charge in [0, 0.05) is 18.2 Å². The fourth-order valence-corrected chi connectivity index (χ4v) is 3.65. The molecule has 0 fully saturated rings. The summed E-state index contributed by atoms with van der Waals surface area (Å²) in [5.74, 6) is 6.03. The number of nitrogens with zero attached hydrogens (tertiary/aromatic N) is 1. The number of pyridine rings is 1. The number of aromatic nitrogens is 1. The van der Waals surface area contributed by atoms with Crippen LogP contribution < -0.4 is 11.1 Å². The van der Waals surface area contributed by atoms with Crippen molar-refractivity contribution in [3.05, 3.63) is 82.5 Å². The number of halogens is 1. The molecule has 4 rings (SSSR count). The zero-order valence-electron chi connectivity index (χ0n) is 15.5. The highest BCUT2D eigenvalue weighted by atomic mass is 35.5. The summed E-state index contributed by atoms with van der Waals surface area (Å²) < 4.78 is 5.46. The Morgan fingerprint density at radius 3 is 2.45 bits per heavy atom. The molecule has 0 bridgehead atoms. The number of nitrogen functional groups attached to an aromatic ring is 1. The Morgan fingerprint density at radius 2 is 1.79 bits per heavy atom. The molecule has 0 unspecified atom stereocenters. The third-order valence-corrected chi connectivity index (χ3v) is 5.08. The molecule has 1 aliphatic rings. The molecule has 0 saturated heterocycles. The molecule has 0 saturated carbocycles. The first-order valence-electron chi connectivity index (χ1n) is 9.12. The zero-order valence-corrected chi connectivity index (χ0v) is 16.2. The van der Waals surface area contributed by atoms with Crippen molar-refractivity contribution in [1.82, 2.24) is 10.3 Å². The summed E-state index contributed by atoms with van der Waals surface area (Å²) in [6.07, 6.45) is 0.987. The molecular formula is C23H18ClN3O2. The minimum atomic E-state index is -0.511. The van der Waals surface area contributed by atoms with E-state index in [1.54, 1.807) is 0 Å². The van der Waals surface area contributed by atoms with Gasteiger partial charge in [-0.25, -0.2) is 9.78 Å². The number of carbonyl (C=O) groups is 1. The Morgan fingerprint density at radius 1 is 1.14 bits per heavy atom. The molecule has 0 aliphatic heterocycles. The normalized spacial score (nSPS) is 11.8. The summed E-state index contributed by atoms with van der Waals surface area (Å²) in [5.41, 5.74) is 10.8. The van der Waals surface area contributed by atoms with Crippen LogP contribution in [-0.4, -0.2) is 24.2 Å². The first kappa shape index (κ1) is 18.9. The van der Waals surface area contributed by atoms with Crippen molar-refractivity contribution >= 4 is 23.5 Å². The van der Waals surface area contributed by atoms with Crippen molar-refractivity contribution in [2.24, 2.45) is 0 Å². The number of nitrogens with one attached hydrogen (secondary N) is 1. The van der Waals surface area contributed by atoms with Gasteiger partial charge in [-0.3, -0.25) is 0 Å². The van der Waals surface area contributed by atoms with Crippen LogP contribution >= 0.6 is 11.6 Å². The lowest BCUT2D eigenvalue weighted by Crippen LogP contribution is -2.26. The number of nitrogens with two attached hydrogens (primary N) is 1. The number of fused-ring (bicyclic) bond motifs is 3. The van der Waals surface area contributed by atoms with Gasteiger partial charge < -0.3 is 15.8 Å². The van der Waals surface area contributed by atoms with Crippen molar-refractivity contribution in [2.45, 2.75) is 5.92 Å². The molecule has 1 amide bonds. The lowest BCUT2D eigenvalue weighted by atomic mass is 9.98. The number of hydrogen-bond acceptors (Lipinski definition) is 4. The van der Waals surface area contributed by atoms with Crippen LogP contribution in [0, 0.1) is 11.8 Å². The molecule has 144 valence electrons. The molecule has 0 radical (unpaired) electrons. The van der Waals surface area contributed by atoms with Gasteiger partial charge >= 0.3 is 6.09 Å². The molecule has 0 spiro atoms. The van der Waals surface area contributed by atoms with E-state index in [4.69, 9.17) is 22.1 Å². The Balaban J connectivity index is 1.35. The van der Waals surface area contributed by atoms with Gasteiger partial charge in [0.2, 0.25) is 0 Å². The van der Waals surface area contributed by atoms with E-state index >= 15 is 0 Å². The lowest BCUT2D eigenvalue weighted by molar-refractivity contribution is 0.144. The highest BCUT2D eigenvalue weighted by Gasteiger charge is 2.28. The van der Waals surface area contributed by atoms with Crippen LogP contribution in [0.3, 0.4) is 0 Å². The van der Waals surface area contributed by atoms with Crippen LogP contribution in [0.25, 0.3) is 11.1 Å². The van der Waals surface area contributed by atoms with Gasteiger partial charge in [-0.1, -0.05) is 72.0 Å². The number of alkyl carbamates (subject to hydrolysis) is 1. The second kappa shape index (κ2) is 8.26. The highest BCUT2D eigenvalue weighted by molar-refractivity contribution is 6.31. The molecule has 2 aromatic carbocycles. The molecular weight excluding hydrogens is 386 g/mol. The summed E-state index contributed by atoms with van der Waals surface area (Å²) in [6, 6.07) is 17.9. The number of amides is 1. The lowest BCUT2D eigenvalue weighted by Gasteiger charge is -2.14. The first-order valence-corrected chi connectivity index (χ1v) is 9.50. The summed E-state index contributed by atoms with van der Waals surface area (Å²) in [4.78, 5) is 16.0. The van der Waals surface area contributed by atoms with E-state index in [1.165, 1.54) is 34.5 Å². The van der Waals surface area contributed by atoms with Gasteiger partial charge in [0.25, 0.3) is 0 Å². The fraction of sp³-hybridized carbons (Fsp3) is 0.130. The maximum absolute atomic E-state index is 12.1. The van der Waals surface area contributed by atoms with E-state index in [0.29, 0.717) is 16.4 Å². The van der Waals surface area contributed by atoms with Crippen molar-refractivity contribution in [3.63, 3.8) is 0 Å². The highest BCUT2D eigenvalue weighted by Crippen LogP contribution is 2.44.